The first-order valence-electron chi connectivity index (χ1n) is 4.39. The summed E-state index contributed by atoms with van der Waals surface area (Å²) in [6.45, 7) is 7.25. The highest BCUT2D eigenvalue weighted by Gasteiger charge is 2.23. The molecule has 0 aromatic heterocycles. The van der Waals surface area contributed by atoms with Crippen molar-refractivity contribution >= 4 is 12.4 Å². The van der Waals surface area contributed by atoms with Gasteiger partial charge in [-0.05, 0) is 19.8 Å². The summed E-state index contributed by atoms with van der Waals surface area (Å²) in [5, 5.41) is 2.43. The van der Waals surface area contributed by atoms with Gasteiger partial charge in [-0.1, -0.05) is 13.8 Å². The smallest absolute Gasteiger partial charge is 0.329 e. The molecular formula is C9H17NO3. The molecule has 0 aromatic rings. The highest BCUT2D eigenvalue weighted by Crippen LogP contribution is 2.04. The first kappa shape index (κ1) is 11.9. The molecule has 4 nitrogen and oxygen atoms in total. The van der Waals surface area contributed by atoms with Gasteiger partial charge in [0.1, 0.15) is 6.04 Å². The van der Waals surface area contributed by atoms with Gasteiger partial charge in [0, 0.05) is 0 Å². The van der Waals surface area contributed by atoms with E-state index in [1.165, 1.54) is 0 Å². The molecule has 0 spiro atoms. The molecule has 0 fully saturated rings. The molecule has 0 heterocycles. The molecule has 0 saturated heterocycles. The van der Waals surface area contributed by atoms with Crippen LogP contribution in [0.3, 0.4) is 0 Å². The van der Waals surface area contributed by atoms with Gasteiger partial charge in [-0.15, -0.1) is 0 Å². The highest BCUT2D eigenvalue weighted by molar-refractivity contribution is 5.78. The average molecular weight is 187 g/mol. The van der Waals surface area contributed by atoms with E-state index >= 15 is 0 Å². The van der Waals surface area contributed by atoms with Crippen molar-refractivity contribution in [3.8, 4) is 0 Å². The summed E-state index contributed by atoms with van der Waals surface area (Å²) in [7, 11) is 0. The molecule has 0 aliphatic carbocycles. The molecular weight excluding hydrogens is 170 g/mol. The molecule has 0 unspecified atom stereocenters. The van der Waals surface area contributed by atoms with Crippen LogP contribution in [0.5, 0.6) is 0 Å². The second kappa shape index (κ2) is 5.56. The van der Waals surface area contributed by atoms with Crippen molar-refractivity contribution < 1.29 is 14.3 Å². The minimum absolute atomic E-state index is 0.0384. The zero-order valence-electron chi connectivity index (χ0n) is 8.53. The lowest BCUT2D eigenvalue weighted by Gasteiger charge is -2.19. The molecule has 0 radical (unpaired) electrons. The van der Waals surface area contributed by atoms with Gasteiger partial charge in [0.2, 0.25) is 6.41 Å². The molecule has 1 amide bonds. The van der Waals surface area contributed by atoms with E-state index in [2.05, 4.69) is 5.32 Å². The molecule has 76 valence electrons. The molecule has 1 N–H and O–H groups in total. The zero-order chi connectivity index (χ0) is 10.4. The number of carbonyl (C=O) groups is 2. The second-order valence-electron chi connectivity index (χ2n) is 3.49. The standard InChI is InChI=1S/C9H17NO3/c1-6(2)8(10-5-11)9(12)13-7(3)4/h5-8H,1-4H3,(H,10,11)/t8-/m1/s1. The summed E-state index contributed by atoms with van der Waals surface area (Å²) < 4.78 is 4.97. The Morgan fingerprint density at radius 2 is 1.85 bits per heavy atom. The van der Waals surface area contributed by atoms with Crippen LogP contribution in [0.4, 0.5) is 0 Å². The van der Waals surface area contributed by atoms with Crippen LogP contribution in [0.15, 0.2) is 0 Å². The lowest BCUT2D eigenvalue weighted by molar-refractivity contribution is -0.151. The third-order valence-corrected chi connectivity index (χ3v) is 1.52. The fourth-order valence-corrected chi connectivity index (χ4v) is 0.912. The number of carbonyl (C=O) groups excluding carboxylic acids is 2. The maximum absolute atomic E-state index is 11.3. The first-order valence-corrected chi connectivity index (χ1v) is 4.39. The van der Waals surface area contributed by atoms with Crippen LogP contribution in [-0.4, -0.2) is 24.5 Å². The normalized spacial score (nSPS) is 12.8. The topological polar surface area (TPSA) is 55.4 Å². The van der Waals surface area contributed by atoms with E-state index in [0.29, 0.717) is 6.41 Å². The van der Waals surface area contributed by atoms with Gasteiger partial charge in [-0.25, -0.2) is 4.79 Å². The summed E-state index contributed by atoms with van der Waals surface area (Å²) >= 11 is 0. The number of ether oxygens (including phenoxy) is 1. The molecule has 0 bridgehead atoms. The van der Waals surface area contributed by atoms with Crippen LogP contribution in [-0.2, 0) is 14.3 Å². The van der Waals surface area contributed by atoms with Gasteiger partial charge in [0.15, 0.2) is 0 Å². The Labute approximate surface area is 78.6 Å². The van der Waals surface area contributed by atoms with Crippen molar-refractivity contribution in [3.05, 3.63) is 0 Å². The number of esters is 1. The lowest BCUT2D eigenvalue weighted by Crippen LogP contribution is -2.42. The van der Waals surface area contributed by atoms with Crippen molar-refractivity contribution in [1.29, 1.82) is 0 Å². The van der Waals surface area contributed by atoms with E-state index < -0.39 is 6.04 Å². The largest absolute Gasteiger partial charge is 0.461 e. The van der Waals surface area contributed by atoms with Gasteiger partial charge in [-0.3, -0.25) is 4.79 Å². The molecule has 13 heavy (non-hydrogen) atoms. The Balaban J connectivity index is 4.19. The number of hydrogen-bond donors (Lipinski definition) is 1. The van der Waals surface area contributed by atoms with Gasteiger partial charge < -0.3 is 10.1 Å². The van der Waals surface area contributed by atoms with Gasteiger partial charge in [-0.2, -0.15) is 0 Å². The molecule has 0 aromatic carbocycles. The molecule has 0 saturated carbocycles. The van der Waals surface area contributed by atoms with E-state index in [-0.39, 0.29) is 18.0 Å². The first-order chi connectivity index (χ1) is 5.99. The SMILES string of the molecule is CC(C)OC(=O)[C@H](NC=O)C(C)C. The molecule has 0 aliphatic rings. The summed E-state index contributed by atoms with van der Waals surface area (Å²) in [4.78, 5) is 21.5. The van der Waals surface area contributed by atoms with Gasteiger partial charge in [0.05, 0.1) is 6.10 Å². The minimum atomic E-state index is -0.542. The van der Waals surface area contributed by atoms with Crippen LogP contribution in [0.1, 0.15) is 27.7 Å². The highest BCUT2D eigenvalue weighted by atomic mass is 16.5. The third kappa shape index (κ3) is 4.50. The van der Waals surface area contributed by atoms with Crippen molar-refractivity contribution in [2.24, 2.45) is 5.92 Å². The Kier molecular flexibility index (Phi) is 5.11. The van der Waals surface area contributed by atoms with Crippen molar-refractivity contribution in [1.82, 2.24) is 5.32 Å². The fraction of sp³-hybridized carbons (Fsp3) is 0.778. The maximum atomic E-state index is 11.3. The van der Waals surface area contributed by atoms with Crippen molar-refractivity contribution in [3.63, 3.8) is 0 Å². The van der Waals surface area contributed by atoms with Gasteiger partial charge >= 0.3 is 5.97 Å². The zero-order valence-corrected chi connectivity index (χ0v) is 8.53. The summed E-state index contributed by atoms with van der Waals surface area (Å²) in [5.74, 6) is -0.339. The number of amides is 1. The predicted molar refractivity (Wildman–Crippen MR) is 49.1 cm³/mol. The third-order valence-electron chi connectivity index (χ3n) is 1.52. The minimum Gasteiger partial charge on any atom is -0.461 e. The van der Waals surface area contributed by atoms with Crippen molar-refractivity contribution in [2.75, 3.05) is 0 Å². The van der Waals surface area contributed by atoms with E-state index in [9.17, 15) is 9.59 Å². The summed E-state index contributed by atoms with van der Waals surface area (Å²) in [5.41, 5.74) is 0. The average Bonchev–Trinajstić information content (AvgIpc) is 1.97. The van der Waals surface area contributed by atoms with Gasteiger partial charge in [0.25, 0.3) is 0 Å². The predicted octanol–water partition coefficient (Wildman–Crippen LogP) is 0.709. The number of rotatable bonds is 5. The van der Waals surface area contributed by atoms with E-state index in [4.69, 9.17) is 4.74 Å². The van der Waals surface area contributed by atoms with E-state index in [1.807, 2.05) is 13.8 Å². The monoisotopic (exact) mass is 187 g/mol. The maximum Gasteiger partial charge on any atom is 0.329 e. The molecule has 0 aliphatic heterocycles. The Bertz CT molecular complexity index is 178. The molecule has 4 heteroatoms. The second-order valence-corrected chi connectivity index (χ2v) is 3.49. The Hall–Kier alpha value is -1.06. The Morgan fingerprint density at radius 1 is 1.31 bits per heavy atom. The number of nitrogens with one attached hydrogen (secondary N) is 1. The van der Waals surface area contributed by atoms with E-state index in [1.54, 1.807) is 13.8 Å². The summed E-state index contributed by atoms with van der Waals surface area (Å²) in [6, 6.07) is -0.542. The molecule has 1 atom stereocenters. The lowest BCUT2D eigenvalue weighted by atomic mass is 10.1. The Morgan fingerprint density at radius 3 is 2.15 bits per heavy atom. The van der Waals surface area contributed by atoms with Crippen LogP contribution in [0.2, 0.25) is 0 Å². The van der Waals surface area contributed by atoms with E-state index in [0.717, 1.165) is 0 Å². The summed E-state index contributed by atoms with van der Waals surface area (Å²) in [6.07, 6.45) is 0.369. The van der Waals surface area contributed by atoms with Crippen LogP contribution in [0, 0.1) is 5.92 Å². The fourth-order valence-electron chi connectivity index (χ4n) is 0.912. The molecule has 0 rings (SSSR count). The van der Waals surface area contributed by atoms with Crippen LogP contribution < -0.4 is 5.32 Å². The van der Waals surface area contributed by atoms with Crippen LogP contribution in [0.25, 0.3) is 0 Å². The number of hydrogen-bond acceptors (Lipinski definition) is 3. The quantitative estimate of drug-likeness (QED) is 0.509. The van der Waals surface area contributed by atoms with Crippen molar-refractivity contribution in [2.45, 2.75) is 39.8 Å². The van der Waals surface area contributed by atoms with Crippen LogP contribution >= 0.6 is 0 Å².